The molecule has 0 aliphatic rings. The minimum absolute atomic E-state index is 0.0101. The number of carbonyl (C=O) groups excluding carboxylic acids is 1. The Morgan fingerprint density at radius 3 is 3.00 bits per heavy atom. The van der Waals surface area contributed by atoms with Crippen molar-refractivity contribution in [1.82, 2.24) is 4.98 Å². The number of nitrogens with one attached hydrogen (secondary N) is 1. The molecule has 0 aromatic carbocycles. The lowest BCUT2D eigenvalue weighted by atomic mass is 10.1. The Kier molecular flexibility index (Phi) is 4.24. The molecule has 1 amide bonds. The molecule has 1 aromatic heterocycles. The maximum atomic E-state index is 11.5. The summed E-state index contributed by atoms with van der Waals surface area (Å²) >= 11 is 0. The largest absolute Gasteiger partial charge is 0.330 e. The summed E-state index contributed by atoms with van der Waals surface area (Å²) in [5.74, 6) is 0.200. The number of rotatable bonds is 4. The third kappa shape index (κ3) is 3.67. The zero-order valence-electron chi connectivity index (χ0n) is 9.16. The van der Waals surface area contributed by atoms with Crippen molar-refractivity contribution >= 4 is 11.6 Å². The van der Waals surface area contributed by atoms with Crippen LogP contribution in [-0.2, 0) is 4.79 Å². The fourth-order valence-electron chi connectivity index (χ4n) is 1.20. The third-order valence-corrected chi connectivity index (χ3v) is 2.25. The molecule has 82 valence electrons. The lowest BCUT2D eigenvalue weighted by Gasteiger charge is -2.10. The normalized spacial score (nSPS) is 12.2. The zero-order chi connectivity index (χ0) is 11.3. The molecule has 1 atom stereocenters. The predicted octanol–water partition coefficient (Wildman–Crippen LogP) is 1.31. The molecule has 0 saturated heterocycles. The van der Waals surface area contributed by atoms with Gasteiger partial charge in [0.1, 0.15) is 0 Å². The van der Waals surface area contributed by atoms with Gasteiger partial charge in [-0.1, -0.05) is 6.92 Å². The van der Waals surface area contributed by atoms with Crippen LogP contribution < -0.4 is 11.1 Å². The molecule has 1 unspecified atom stereocenters. The van der Waals surface area contributed by atoms with E-state index in [1.54, 1.807) is 12.4 Å². The van der Waals surface area contributed by atoms with Crippen LogP contribution in [0.15, 0.2) is 18.5 Å². The Morgan fingerprint density at radius 2 is 2.40 bits per heavy atom. The van der Waals surface area contributed by atoms with E-state index < -0.39 is 0 Å². The summed E-state index contributed by atoms with van der Waals surface area (Å²) < 4.78 is 0. The molecule has 0 saturated carbocycles. The highest BCUT2D eigenvalue weighted by Crippen LogP contribution is 2.12. The molecule has 3 N–H and O–H groups in total. The molecular formula is C11H17N3O. The molecule has 1 aromatic rings. The first-order valence-electron chi connectivity index (χ1n) is 5.04. The maximum Gasteiger partial charge on any atom is 0.224 e. The molecule has 0 spiro atoms. The van der Waals surface area contributed by atoms with Crippen molar-refractivity contribution in [2.45, 2.75) is 20.3 Å². The minimum Gasteiger partial charge on any atom is -0.330 e. The van der Waals surface area contributed by atoms with Crippen molar-refractivity contribution in [2.24, 2.45) is 11.7 Å². The maximum absolute atomic E-state index is 11.5. The summed E-state index contributed by atoms with van der Waals surface area (Å²) in [6, 6.07) is 1.86. The Balaban J connectivity index is 2.55. The molecule has 15 heavy (non-hydrogen) atoms. The van der Waals surface area contributed by atoms with Gasteiger partial charge in [0, 0.05) is 12.6 Å². The number of aromatic nitrogens is 1. The molecule has 4 nitrogen and oxygen atoms in total. The third-order valence-electron chi connectivity index (χ3n) is 2.25. The number of pyridine rings is 1. The number of hydrogen-bond acceptors (Lipinski definition) is 3. The number of aryl methyl sites for hydroxylation is 1. The molecule has 0 radical (unpaired) electrons. The van der Waals surface area contributed by atoms with Gasteiger partial charge in [-0.3, -0.25) is 9.78 Å². The van der Waals surface area contributed by atoms with Crippen molar-refractivity contribution in [1.29, 1.82) is 0 Å². The van der Waals surface area contributed by atoms with E-state index in [1.807, 2.05) is 19.9 Å². The first-order valence-corrected chi connectivity index (χ1v) is 5.04. The number of anilines is 1. The van der Waals surface area contributed by atoms with E-state index in [2.05, 4.69) is 10.3 Å². The van der Waals surface area contributed by atoms with Crippen molar-refractivity contribution in [3.63, 3.8) is 0 Å². The molecule has 1 heterocycles. The summed E-state index contributed by atoms with van der Waals surface area (Å²) in [6.45, 7) is 4.42. The highest BCUT2D eigenvalue weighted by atomic mass is 16.1. The van der Waals surface area contributed by atoms with Gasteiger partial charge in [0.2, 0.25) is 5.91 Å². The Labute approximate surface area is 89.9 Å². The minimum atomic E-state index is -0.0101. The van der Waals surface area contributed by atoms with Crippen LogP contribution in [0.25, 0.3) is 0 Å². The van der Waals surface area contributed by atoms with Crippen LogP contribution >= 0.6 is 0 Å². The standard InChI is InChI=1S/C11H17N3O/c1-8(6-12)5-11(15)14-10-7-13-4-3-9(10)2/h3-4,7-8H,5-6,12H2,1-2H3,(H,14,15). The lowest BCUT2D eigenvalue weighted by molar-refractivity contribution is -0.116. The van der Waals surface area contributed by atoms with Crippen LogP contribution in [0.3, 0.4) is 0 Å². The van der Waals surface area contributed by atoms with E-state index in [0.717, 1.165) is 11.3 Å². The Hall–Kier alpha value is -1.42. The molecule has 0 fully saturated rings. The van der Waals surface area contributed by atoms with Crippen LogP contribution in [0.2, 0.25) is 0 Å². The van der Waals surface area contributed by atoms with Gasteiger partial charge in [-0.25, -0.2) is 0 Å². The van der Waals surface area contributed by atoms with Crippen LogP contribution in [0.1, 0.15) is 18.9 Å². The first kappa shape index (κ1) is 11.7. The molecule has 4 heteroatoms. The second kappa shape index (κ2) is 5.46. The average molecular weight is 207 g/mol. The highest BCUT2D eigenvalue weighted by molar-refractivity contribution is 5.91. The van der Waals surface area contributed by atoms with Gasteiger partial charge in [-0.15, -0.1) is 0 Å². The number of amides is 1. The molecule has 0 bridgehead atoms. The number of nitrogens with two attached hydrogens (primary N) is 1. The van der Waals surface area contributed by atoms with Crippen molar-refractivity contribution in [3.05, 3.63) is 24.0 Å². The number of carbonyl (C=O) groups is 1. The Morgan fingerprint density at radius 1 is 1.67 bits per heavy atom. The van der Waals surface area contributed by atoms with Gasteiger partial charge < -0.3 is 11.1 Å². The fraction of sp³-hybridized carbons (Fsp3) is 0.455. The monoisotopic (exact) mass is 207 g/mol. The number of hydrogen-bond donors (Lipinski definition) is 2. The van der Waals surface area contributed by atoms with Crippen LogP contribution in [0.4, 0.5) is 5.69 Å². The van der Waals surface area contributed by atoms with E-state index in [9.17, 15) is 4.79 Å². The summed E-state index contributed by atoms with van der Waals surface area (Å²) in [7, 11) is 0. The lowest BCUT2D eigenvalue weighted by Crippen LogP contribution is -2.20. The fourth-order valence-corrected chi connectivity index (χ4v) is 1.20. The topological polar surface area (TPSA) is 68.0 Å². The molecule has 0 aliphatic heterocycles. The van der Waals surface area contributed by atoms with Crippen molar-refractivity contribution in [3.8, 4) is 0 Å². The van der Waals surface area contributed by atoms with Crippen LogP contribution in [0, 0.1) is 12.8 Å². The molecule has 1 rings (SSSR count). The van der Waals surface area contributed by atoms with Gasteiger partial charge in [0.05, 0.1) is 11.9 Å². The molecule has 0 aliphatic carbocycles. The van der Waals surface area contributed by atoms with Crippen LogP contribution in [0.5, 0.6) is 0 Å². The quantitative estimate of drug-likeness (QED) is 0.782. The van der Waals surface area contributed by atoms with Crippen molar-refractivity contribution in [2.75, 3.05) is 11.9 Å². The first-order chi connectivity index (χ1) is 7.13. The SMILES string of the molecule is Cc1ccncc1NC(=O)CC(C)CN. The van der Waals surface area contributed by atoms with E-state index in [-0.39, 0.29) is 11.8 Å². The van der Waals surface area contributed by atoms with Gasteiger partial charge >= 0.3 is 0 Å². The van der Waals surface area contributed by atoms with Gasteiger partial charge in [-0.05, 0) is 31.0 Å². The van der Waals surface area contributed by atoms with E-state index in [4.69, 9.17) is 5.73 Å². The highest BCUT2D eigenvalue weighted by Gasteiger charge is 2.08. The summed E-state index contributed by atoms with van der Waals surface area (Å²) in [5.41, 5.74) is 7.23. The van der Waals surface area contributed by atoms with Crippen molar-refractivity contribution < 1.29 is 4.79 Å². The van der Waals surface area contributed by atoms with Gasteiger partial charge in [0.25, 0.3) is 0 Å². The average Bonchev–Trinajstić information content (AvgIpc) is 2.21. The summed E-state index contributed by atoms with van der Waals surface area (Å²) in [4.78, 5) is 15.5. The molecular weight excluding hydrogens is 190 g/mol. The van der Waals surface area contributed by atoms with Gasteiger partial charge in [-0.2, -0.15) is 0 Å². The summed E-state index contributed by atoms with van der Waals surface area (Å²) in [6.07, 6.45) is 3.80. The summed E-state index contributed by atoms with van der Waals surface area (Å²) in [5, 5.41) is 2.82. The smallest absolute Gasteiger partial charge is 0.224 e. The second-order valence-corrected chi connectivity index (χ2v) is 3.78. The van der Waals surface area contributed by atoms with E-state index in [0.29, 0.717) is 13.0 Å². The Bertz CT molecular complexity index is 338. The predicted molar refractivity (Wildman–Crippen MR) is 60.4 cm³/mol. The van der Waals surface area contributed by atoms with Gasteiger partial charge in [0.15, 0.2) is 0 Å². The number of nitrogens with zero attached hydrogens (tertiary/aromatic N) is 1. The van der Waals surface area contributed by atoms with E-state index >= 15 is 0 Å². The van der Waals surface area contributed by atoms with E-state index in [1.165, 1.54) is 0 Å². The van der Waals surface area contributed by atoms with Crippen LogP contribution in [-0.4, -0.2) is 17.4 Å². The zero-order valence-corrected chi connectivity index (χ0v) is 9.16. The second-order valence-electron chi connectivity index (χ2n) is 3.78.